The summed E-state index contributed by atoms with van der Waals surface area (Å²) in [5.74, 6) is -1.28. The zero-order valence-electron chi connectivity index (χ0n) is 15.1. The standard InChI is InChI=1S/C19H25N5O2/c1-23-11-13-24(14-12-23)10-4-9-21-18(25)19(26)22-16-7-2-5-15-6-3-8-20-17(15)16/h2-3,5-8H,4,9-14H2,1H3,(H,21,25)(H,22,26). The van der Waals surface area contributed by atoms with Crippen LogP contribution in [0.3, 0.4) is 0 Å². The van der Waals surface area contributed by atoms with Gasteiger partial charge in [0.1, 0.15) is 0 Å². The van der Waals surface area contributed by atoms with E-state index in [1.165, 1.54) is 0 Å². The predicted octanol–water partition coefficient (Wildman–Crippen LogP) is 0.927. The molecule has 0 bridgehead atoms. The van der Waals surface area contributed by atoms with Crippen molar-refractivity contribution in [3.05, 3.63) is 36.5 Å². The maximum absolute atomic E-state index is 12.1. The van der Waals surface area contributed by atoms with Crippen LogP contribution in [0.2, 0.25) is 0 Å². The van der Waals surface area contributed by atoms with E-state index in [-0.39, 0.29) is 0 Å². The third-order valence-corrected chi connectivity index (χ3v) is 4.62. The van der Waals surface area contributed by atoms with Crippen molar-refractivity contribution in [1.82, 2.24) is 20.1 Å². The molecule has 138 valence electrons. The molecule has 0 spiro atoms. The van der Waals surface area contributed by atoms with Crippen LogP contribution in [0.25, 0.3) is 10.9 Å². The molecule has 1 aromatic heterocycles. The van der Waals surface area contributed by atoms with Gasteiger partial charge >= 0.3 is 11.8 Å². The number of piperazine rings is 1. The van der Waals surface area contributed by atoms with E-state index in [0.29, 0.717) is 17.7 Å². The highest BCUT2D eigenvalue weighted by molar-refractivity contribution is 6.40. The smallest absolute Gasteiger partial charge is 0.313 e. The highest BCUT2D eigenvalue weighted by Gasteiger charge is 2.16. The molecule has 3 rings (SSSR count). The zero-order chi connectivity index (χ0) is 18.4. The maximum atomic E-state index is 12.1. The molecule has 2 N–H and O–H groups in total. The van der Waals surface area contributed by atoms with Gasteiger partial charge in [-0.1, -0.05) is 18.2 Å². The fraction of sp³-hybridized carbons (Fsp3) is 0.421. The number of nitrogens with one attached hydrogen (secondary N) is 2. The van der Waals surface area contributed by atoms with E-state index in [4.69, 9.17) is 0 Å². The van der Waals surface area contributed by atoms with Gasteiger partial charge in [0.2, 0.25) is 0 Å². The molecule has 1 aromatic carbocycles. The zero-order valence-corrected chi connectivity index (χ0v) is 15.1. The molecule has 1 aliphatic heterocycles. The van der Waals surface area contributed by atoms with E-state index in [1.54, 1.807) is 12.3 Å². The lowest BCUT2D eigenvalue weighted by Gasteiger charge is -2.32. The monoisotopic (exact) mass is 355 g/mol. The summed E-state index contributed by atoms with van der Waals surface area (Å²) in [5, 5.41) is 6.26. The lowest BCUT2D eigenvalue weighted by atomic mass is 10.2. The number of para-hydroxylation sites is 1. The van der Waals surface area contributed by atoms with Gasteiger partial charge in [-0.25, -0.2) is 0 Å². The normalized spacial score (nSPS) is 15.7. The molecule has 1 aliphatic rings. The Bertz CT molecular complexity index is 766. The number of aromatic nitrogens is 1. The lowest BCUT2D eigenvalue weighted by molar-refractivity contribution is -0.136. The number of fused-ring (bicyclic) bond motifs is 1. The number of amides is 2. The number of nitrogens with zero attached hydrogens (tertiary/aromatic N) is 3. The van der Waals surface area contributed by atoms with Crippen LogP contribution < -0.4 is 10.6 Å². The average molecular weight is 355 g/mol. The second kappa shape index (κ2) is 8.73. The van der Waals surface area contributed by atoms with Crippen LogP contribution in [-0.2, 0) is 9.59 Å². The van der Waals surface area contributed by atoms with Gasteiger partial charge in [-0.05, 0) is 32.1 Å². The third-order valence-electron chi connectivity index (χ3n) is 4.62. The number of carbonyl (C=O) groups is 2. The molecule has 0 atom stereocenters. The number of benzene rings is 1. The fourth-order valence-electron chi connectivity index (χ4n) is 3.04. The molecule has 0 radical (unpaired) electrons. The van der Waals surface area contributed by atoms with Crippen LogP contribution in [0.4, 0.5) is 5.69 Å². The van der Waals surface area contributed by atoms with Crippen LogP contribution in [0.15, 0.2) is 36.5 Å². The van der Waals surface area contributed by atoms with Gasteiger partial charge in [0, 0.05) is 44.3 Å². The summed E-state index contributed by atoms with van der Waals surface area (Å²) in [6.07, 6.45) is 2.50. The Morgan fingerprint density at radius 2 is 1.85 bits per heavy atom. The molecule has 1 saturated heterocycles. The molecular weight excluding hydrogens is 330 g/mol. The second-order valence-electron chi connectivity index (χ2n) is 6.59. The summed E-state index contributed by atoms with van der Waals surface area (Å²) >= 11 is 0. The number of likely N-dealkylation sites (N-methyl/N-ethyl adjacent to an activating group) is 1. The number of hydrogen-bond acceptors (Lipinski definition) is 5. The quantitative estimate of drug-likeness (QED) is 0.616. The first-order chi connectivity index (χ1) is 12.6. The Hall–Kier alpha value is -2.51. The SMILES string of the molecule is CN1CCN(CCCNC(=O)C(=O)Nc2cccc3cccnc23)CC1. The lowest BCUT2D eigenvalue weighted by Crippen LogP contribution is -2.45. The minimum absolute atomic E-state index is 0.492. The van der Waals surface area contributed by atoms with Crippen LogP contribution in [0, 0.1) is 0 Å². The first kappa shape index (κ1) is 18.3. The van der Waals surface area contributed by atoms with Crippen molar-refractivity contribution < 1.29 is 9.59 Å². The fourth-order valence-corrected chi connectivity index (χ4v) is 3.04. The topological polar surface area (TPSA) is 77.6 Å². The van der Waals surface area contributed by atoms with Gasteiger partial charge in [0.15, 0.2) is 0 Å². The van der Waals surface area contributed by atoms with Crippen LogP contribution in [0.1, 0.15) is 6.42 Å². The summed E-state index contributed by atoms with van der Waals surface area (Å²) in [6.45, 7) is 5.69. The summed E-state index contributed by atoms with van der Waals surface area (Å²) in [4.78, 5) is 33.1. The molecule has 2 amide bonds. The maximum Gasteiger partial charge on any atom is 0.313 e. The molecule has 0 saturated carbocycles. The van der Waals surface area contributed by atoms with Gasteiger partial charge in [-0.2, -0.15) is 0 Å². The number of hydrogen-bond donors (Lipinski definition) is 2. The summed E-state index contributed by atoms with van der Waals surface area (Å²) in [7, 11) is 2.13. The van der Waals surface area contributed by atoms with Gasteiger partial charge in [-0.15, -0.1) is 0 Å². The van der Waals surface area contributed by atoms with Crippen molar-refractivity contribution >= 4 is 28.4 Å². The van der Waals surface area contributed by atoms with E-state index in [1.807, 2.05) is 24.3 Å². The Morgan fingerprint density at radius 3 is 2.65 bits per heavy atom. The van der Waals surface area contributed by atoms with Crippen molar-refractivity contribution in [3.63, 3.8) is 0 Å². The van der Waals surface area contributed by atoms with E-state index in [2.05, 4.69) is 32.5 Å². The van der Waals surface area contributed by atoms with Crippen molar-refractivity contribution in [2.45, 2.75) is 6.42 Å². The van der Waals surface area contributed by atoms with Crippen LogP contribution >= 0.6 is 0 Å². The van der Waals surface area contributed by atoms with E-state index < -0.39 is 11.8 Å². The molecule has 0 unspecified atom stereocenters. The molecule has 2 heterocycles. The summed E-state index contributed by atoms with van der Waals surface area (Å²) < 4.78 is 0. The number of pyridine rings is 1. The molecule has 7 nitrogen and oxygen atoms in total. The van der Waals surface area contributed by atoms with Crippen molar-refractivity contribution in [2.75, 3.05) is 51.6 Å². The minimum Gasteiger partial charge on any atom is -0.348 e. The molecule has 2 aromatic rings. The molecular formula is C19H25N5O2. The number of anilines is 1. The van der Waals surface area contributed by atoms with Gasteiger partial charge < -0.3 is 20.4 Å². The molecule has 1 fully saturated rings. The summed E-state index contributed by atoms with van der Waals surface area (Å²) in [6, 6.07) is 9.23. The summed E-state index contributed by atoms with van der Waals surface area (Å²) in [5.41, 5.74) is 1.21. The Labute approximate surface area is 153 Å². The van der Waals surface area contributed by atoms with Crippen molar-refractivity contribution in [2.24, 2.45) is 0 Å². The number of carbonyl (C=O) groups excluding carboxylic acids is 2. The van der Waals surface area contributed by atoms with Crippen LogP contribution in [-0.4, -0.2) is 72.9 Å². The van der Waals surface area contributed by atoms with Crippen LogP contribution in [0.5, 0.6) is 0 Å². The second-order valence-corrected chi connectivity index (χ2v) is 6.59. The van der Waals surface area contributed by atoms with E-state index in [0.717, 1.165) is 44.5 Å². The van der Waals surface area contributed by atoms with Gasteiger partial charge in [0.05, 0.1) is 11.2 Å². The molecule has 26 heavy (non-hydrogen) atoms. The largest absolute Gasteiger partial charge is 0.348 e. The van der Waals surface area contributed by atoms with E-state index >= 15 is 0 Å². The van der Waals surface area contributed by atoms with E-state index in [9.17, 15) is 9.59 Å². The molecule has 7 heteroatoms. The Morgan fingerprint density at radius 1 is 1.08 bits per heavy atom. The number of rotatable bonds is 5. The Balaban J connectivity index is 1.44. The van der Waals surface area contributed by atoms with Crippen molar-refractivity contribution in [1.29, 1.82) is 0 Å². The highest BCUT2D eigenvalue weighted by atomic mass is 16.2. The highest BCUT2D eigenvalue weighted by Crippen LogP contribution is 2.20. The third kappa shape index (κ3) is 4.77. The minimum atomic E-state index is -0.664. The van der Waals surface area contributed by atoms with Crippen molar-refractivity contribution in [3.8, 4) is 0 Å². The first-order valence-corrected chi connectivity index (χ1v) is 8.97. The van der Waals surface area contributed by atoms with Gasteiger partial charge in [0.25, 0.3) is 0 Å². The predicted molar refractivity (Wildman–Crippen MR) is 102 cm³/mol. The Kier molecular flexibility index (Phi) is 6.14. The van der Waals surface area contributed by atoms with Gasteiger partial charge in [-0.3, -0.25) is 14.6 Å². The molecule has 0 aliphatic carbocycles. The first-order valence-electron chi connectivity index (χ1n) is 8.97. The average Bonchev–Trinajstić information content (AvgIpc) is 2.66.